The largest absolute Gasteiger partial charge is 0.386 e. The number of rotatable bonds is 7. The van der Waals surface area contributed by atoms with Crippen molar-refractivity contribution in [2.24, 2.45) is 5.41 Å². The number of carbonyl (C=O) groups excluding carboxylic acids is 1. The van der Waals surface area contributed by atoms with Crippen LogP contribution in [0.15, 0.2) is 24.3 Å². The molecule has 2 N–H and O–H groups in total. The third-order valence-electron chi connectivity index (χ3n) is 4.30. The van der Waals surface area contributed by atoms with Crippen molar-refractivity contribution in [3.63, 3.8) is 0 Å². The molecule has 0 bridgehead atoms. The third-order valence-corrected chi connectivity index (χ3v) is 4.30. The average Bonchev–Trinajstić information content (AvgIpc) is 2.44. The van der Waals surface area contributed by atoms with Gasteiger partial charge < -0.3 is 15.2 Å². The Bertz CT molecular complexity index is 488. The van der Waals surface area contributed by atoms with E-state index in [-0.39, 0.29) is 23.4 Å². The van der Waals surface area contributed by atoms with Crippen molar-refractivity contribution in [2.45, 2.75) is 31.8 Å². The fraction of sp³-hybridized carbons (Fsp3) is 0.562. The maximum Gasteiger partial charge on any atom is 0.226 e. The molecule has 1 aliphatic carbocycles. The van der Waals surface area contributed by atoms with Gasteiger partial charge >= 0.3 is 0 Å². The molecule has 1 fully saturated rings. The van der Waals surface area contributed by atoms with Gasteiger partial charge in [0.15, 0.2) is 0 Å². The Balaban J connectivity index is 1.90. The molecule has 116 valence electrons. The van der Waals surface area contributed by atoms with Gasteiger partial charge in [-0.3, -0.25) is 4.79 Å². The number of benzene rings is 1. The Morgan fingerprint density at radius 3 is 2.76 bits per heavy atom. The van der Waals surface area contributed by atoms with Crippen LogP contribution in [0, 0.1) is 11.2 Å². The number of amides is 1. The first kappa shape index (κ1) is 15.9. The minimum Gasteiger partial charge on any atom is -0.386 e. The molecular weight excluding hydrogens is 273 g/mol. The second-order valence-electron chi connectivity index (χ2n) is 5.62. The number of nitrogens with one attached hydrogen (secondary N) is 1. The summed E-state index contributed by atoms with van der Waals surface area (Å²) in [5, 5.41) is 12.8. The lowest BCUT2D eigenvalue weighted by Crippen LogP contribution is -2.47. The van der Waals surface area contributed by atoms with E-state index in [1.165, 1.54) is 12.1 Å². The molecule has 2 rings (SSSR count). The fourth-order valence-electron chi connectivity index (χ4n) is 2.72. The molecule has 0 aromatic heterocycles. The molecule has 1 aromatic rings. The molecule has 1 unspecified atom stereocenters. The molecule has 4 nitrogen and oxygen atoms in total. The molecule has 1 aliphatic rings. The van der Waals surface area contributed by atoms with Crippen molar-refractivity contribution >= 4 is 5.91 Å². The molecule has 1 saturated carbocycles. The van der Waals surface area contributed by atoms with Crippen LogP contribution in [0.1, 0.15) is 37.4 Å². The maximum atomic E-state index is 13.6. The van der Waals surface area contributed by atoms with Gasteiger partial charge in [0.05, 0.1) is 11.5 Å². The lowest BCUT2D eigenvalue weighted by Gasteiger charge is -2.40. The quantitative estimate of drug-likeness (QED) is 0.810. The Morgan fingerprint density at radius 2 is 2.19 bits per heavy atom. The lowest BCUT2D eigenvalue weighted by molar-refractivity contribution is -0.138. The average molecular weight is 295 g/mol. The van der Waals surface area contributed by atoms with E-state index in [9.17, 15) is 14.3 Å². The summed E-state index contributed by atoms with van der Waals surface area (Å²) in [6, 6.07) is 6.05. The van der Waals surface area contributed by atoms with Crippen LogP contribution in [-0.2, 0) is 9.53 Å². The van der Waals surface area contributed by atoms with Gasteiger partial charge in [-0.25, -0.2) is 4.39 Å². The summed E-state index contributed by atoms with van der Waals surface area (Å²) in [4.78, 5) is 12.3. The molecule has 0 heterocycles. The summed E-state index contributed by atoms with van der Waals surface area (Å²) >= 11 is 0. The number of ether oxygens (including phenoxy) is 1. The van der Waals surface area contributed by atoms with Crippen molar-refractivity contribution in [3.05, 3.63) is 35.6 Å². The van der Waals surface area contributed by atoms with Crippen molar-refractivity contribution in [1.29, 1.82) is 0 Å². The highest BCUT2D eigenvalue weighted by molar-refractivity contribution is 5.83. The highest BCUT2D eigenvalue weighted by Gasteiger charge is 2.43. The van der Waals surface area contributed by atoms with Crippen molar-refractivity contribution < 1.29 is 19.0 Å². The molecule has 0 spiro atoms. The predicted octanol–water partition coefficient (Wildman–Crippen LogP) is 2.18. The Hall–Kier alpha value is -1.46. The molecule has 0 saturated heterocycles. The van der Waals surface area contributed by atoms with E-state index < -0.39 is 11.9 Å². The molecular formula is C16H22FNO3. The van der Waals surface area contributed by atoms with Crippen LogP contribution in [-0.4, -0.2) is 31.3 Å². The van der Waals surface area contributed by atoms with Crippen molar-refractivity contribution in [2.75, 3.05) is 20.3 Å². The SMILES string of the molecule is COCCC1(C(=O)NCC(O)c2ccccc2F)CCC1. The van der Waals surface area contributed by atoms with Gasteiger partial charge in [0, 0.05) is 25.8 Å². The van der Waals surface area contributed by atoms with E-state index in [2.05, 4.69) is 5.32 Å². The van der Waals surface area contributed by atoms with E-state index in [0.29, 0.717) is 13.0 Å². The van der Waals surface area contributed by atoms with Crippen LogP contribution in [0.3, 0.4) is 0 Å². The predicted molar refractivity (Wildman–Crippen MR) is 77.1 cm³/mol. The first-order chi connectivity index (χ1) is 10.1. The fourth-order valence-corrected chi connectivity index (χ4v) is 2.72. The molecule has 0 aliphatic heterocycles. The topological polar surface area (TPSA) is 58.6 Å². The van der Waals surface area contributed by atoms with E-state index in [1.807, 2.05) is 0 Å². The Labute approximate surface area is 124 Å². The number of methoxy groups -OCH3 is 1. The number of aliphatic hydroxyl groups excluding tert-OH is 1. The smallest absolute Gasteiger partial charge is 0.226 e. The van der Waals surface area contributed by atoms with Crippen LogP contribution >= 0.6 is 0 Å². The molecule has 21 heavy (non-hydrogen) atoms. The van der Waals surface area contributed by atoms with Crippen molar-refractivity contribution in [3.8, 4) is 0 Å². The van der Waals surface area contributed by atoms with Crippen LogP contribution < -0.4 is 5.32 Å². The van der Waals surface area contributed by atoms with Gasteiger partial charge in [-0.15, -0.1) is 0 Å². The molecule has 1 amide bonds. The number of hydrogen-bond acceptors (Lipinski definition) is 3. The molecule has 1 atom stereocenters. The normalized spacial score (nSPS) is 17.9. The summed E-state index contributed by atoms with van der Waals surface area (Å²) in [5.74, 6) is -0.529. The first-order valence-corrected chi connectivity index (χ1v) is 7.29. The lowest BCUT2D eigenvalue weighted by atomic mass is 9.66. The minimum atomic E-state index is -1.03. The second-order valence-corrected chi connectivity index (χ2v) is 5.62. The number of hydrogen-bond donors (Lipinski definition) is 2. The molecule has 1 aromatic carbocycles. The van der Waals surface area contributed by atoms with E-state index in [1.54, 1.807) is 19.2 Å². The summed E-state index contributed by atoms with van der Waals surface area (Å²) < 4.78 is 18.6. The molecule has 0 radical (unpaired) electrons. The van der Waals surface area contributed by atoms with Gasteiger partial charge in [-0.05, 0) is 25.3 Å². The van der Waals surface area contributed by atoms with Crippen LogP contribution in [0.2, 0.25) is 0 Å². The highest BCUT2D eigenvalue weighted by Crippen LogP contribution is 2.44. The van der Waals surface area contributed by atoms with Crippen LogP contribution in [0.5, 0.6) is 0 Å². The second kappa shape index (κ2) is 7.00. The standard InChI is InChI=1S/C16H22FNO3/c1-21-10-9-16(7-4-8-16)15(20)18-11-14(19)12-5-2-3-6-13(12)17/h2-3,5-6,14,19H,4,7-11H2,1H3,(H,18,20). The highest BCUT2D eigenvalue weighted by atomic mass is 19.1. The van der Waals surface area contributed by atoms with Gasteiger partial charge in [0.1, 0.15) is 5.82 Å². The number of halogens is 1. The summed E-state index contributed by atoms with van der Waals surface area (Å²) in [7, 11) is 1.62. The summed E-state index contributed by atoms with van der Waals surface area (Å²) in [6.45, 7) is 0.567. The van der Waals surface area contributed by atoms with Crippen molar-refractivity contribution in [1.82, 2.24) is 5.32 Å². The number of carbonyl (C=O) groups is 1. The van der Waals surface area contributed by atoms with E-state index in [0.717, 1.165) is 19.3 Å². The van der Waals surface area contributed by atoms with Gasteiger partial charge in [-0.2, -0.15) is 0 Å². The van der Waals surface area contributed by atoms with E-state index in [4.69, 9.17) is 4.74 Å². The van der Waals surface area contributed by atoms with Gasteiger partial charge in [0.25, 0.3) is 0 Å². The maximum absolute atomic E-state index is 13.6. The zero-order chi connectivity index (χ0) is 15.3. The van der Waals surface area contributed by atoms with Crippen LogP contribution in [0.4, 0.5) is 4.39 Å². The van der Waals surface area contributed by atoms with Gasteiger partial charge in [0.2, 0.25) is 5.91 Å². The zero-order valence-electron chi connectivity index (χ0n) is 12.3. The Morgan fingerprint density at radius 1 is 1.48 bits per heavy atom. The first-order valence-electron chi connectivity index (χ1n) is 7.29. The van der Waals surface area contributed by atoms with Gasteiger partial charge in [-0.1, -0.05) is 24.6 Å². The summed E-state index contributed by atoms with van der Waals surface area (Å²) in [6.07, 6.45) is 2.38. The number of aliphatic hydroxyl groups is 1. The monoisotopic (exact) mass is 295 g/mol. The third kappa shape index (κ3) is 3.60. The Kier molecular flexibility index (Phi) is 5.31. The van der Waals surface area contributed by atoms with Crippen LogP contribution in [0.25, 0.3) is 0 Å². The van der Waals surface area contributed by atoms with E-state index >= 15 is 0 Å². The minimum absolute atomic E-state index is 0.0223. The summed E-state index contributed by atoms with van der Waals surface area (Å²) in [5.41, 5.74) is -0.164. The molecule has 5 heteroatoms. The zero-order valence-corrected chi connectivity index (χ0v) is 12.3.